The van der Waals surface area contributed by atoms with Gasteiger partial charge < -0.3 is 9.64 Å². The van der Waals surface area contributed by atoms with E-state index in [2.05, 4.69) is 29.1 Å². The lowest BCUT2D eigenvalue weighted by Crippen LogP contribution is -2.40. The van der Waals surface area contributed by atoms with Crippen LogP contribution in [-0.4, -0.2) is 36.6 Å². The predicted molar refractivity (Wildman–Crippen MR) is 81.7 cm³/mol. The van der Waals surface area contributed by atoms with Crippen molar-refractivity contribution in [1.29, 1.82) is 0 Å². The highest BCUT2D eigenvalue weighted by Gasteiger charge is 2.41. The zero-order valence-corrected chi connectivity index (χ0v) is 13.3. The van der Waals surface area contributed by atoms with Crippen LogP contribution in [0, 0.1) is 0 Å². The summed E-state index contributed by atoms with van der Waals surface area (Å²) in [6, 6.07) is 2.11. The maximum absolute atomic E-state index is 12.6. The van der Waals surface area contributed by atoms with Crippen LogP contribution in [-0.2, 0) is 9.53 Å². The fourth-order valence-electron chi connectivity index (χ4n) is 2.75. The molecule has 0 aliphatic carbocycles. The first-order valence-electron chi connectivity index (χ1n) is 7.28. The molecule has 1 aliphatic rings. The van der Waals surface area contributed by atoms with E-state index in [1.165, 1.54) is 5.56 Å². The van der Waals surface area contributed by atoms with Crippen molar-refractivity contribution in [3.63, 3.8) is 0 Å². The molecule has 1 saturated heterocycles. The Kier molecular flexibility index (Phi) is 5.57. The maximum Gasteiger partial charge on any atom is 0.241 e. The average Bonchev–Trinajstić information content (AvgIpc) is 3.04. The number of ether oxygens (including phenoxy) is 1. The minimum Gasteiger partial charge on any atom is -0.383 e. The first-order valence-corrected chi connectivity index (χ1v) is 8.22. The van der Waals surface area contributed by atoms with E-state index in [-0.39, 0.29) is 24.2 Å². The van der Waals surface area contributed by atoms with E-state index in [0.717, 1.165) is 19.3 Å². The van der Waals surface area contributed by atoms with Gasteiger partial charge in [0, 0.05) is 7.11 Å². The van der Waals surface area contributed by atoms with Gasteiger partial charge in [0.1, 0.15) is 6.17 Å². The van der Waals surface area contributed by atoms with Crippen LogP contribution in [0.1, 0.15) is 44.8 Å². The minimum absolute atomic E-state index is 0.0132. The number of rotatable bonds is 7. The fourth-order valence-corrected chi connectivity index (χ4v) is 3.42. The number of unbranched alkanes of at least 4 members (excludes halogenated alkanes) is 1. The number of nitrogens with one attached hydrogen (secondary N) is 1. The van der Waals surface area contributed by atoms with E-state index in [4.69, 9.17) is 4.74 Å². The molecule has 112 valence electrons. The predicted octanol–water partition coefficient (Wildman–Crippen LogP) is 2.77. The van der Waals surface area contributed by atoms with Gasteiger partial charge in [0.15, 0.2) is 0 Å². The molecule has 1 aromatic heterocycles. The van der Waals surface area contributed by atoms with Crippen molar-refractivity contribution in [3.05, 3.63) is 22.4 Å². The van der Waals surface area contributed by atoms with E-state index in [9.17, 15) is 4.79 Å². The van der Waals surface area contributed by atoms with Crippen LogP contribution in [0.2, 0.25) is 0 Å². The maximum atomic E-state index is 12.6. The summed E-state index contributed by atoms with van der Waals surface area (Å²) in [5.74, 6) is 0.208. The highest BCUT2D eigenvalue weighted by atomic mass is 32.1. The minimum atomic E-state index is -0.0563. The summed E-state index contributed by atoms with van der Waals surface area (Å²) in [6.45, 7) is 4.76. The van der Waals surface area contributed by atoms with Gasteiger partial charge in [-0.15, -0.1) is 0 Å². The Morgan fingerprint density at radius 1 is 1.55 bits per heavy atom. The number of thiophene rings is 1. The Morgan fingerprint density at radius 2 is 2.35 bits per heavy atom. The molecule has 1 amide bonds. The van der Waals surface area contributed by atoms with Crippen molar-refractivity contribution in [2.75, 3.05) is 13.7 Å². The summed E-state index contributed by atoms with van der Waals surface area (Å²) < 4.78 is 5.23. The smallest absolute Gasteiger partial charge is 0.241 e. The molecule has 0 radical (unpaired) electrons. The zero-order valence-electron chi connectivity index (χ0n) is 12.5. The molecule has 2 rings (SSSR count). The second kappa shape index (κ2) is 7.20. The summed E-state index contributed by atoms with van der Waals surface area (Å²) in [5, 5.41) is 7.66. The van der Waals surface area contributed by atoms with Gasteiger partial charge in [0.05, 0.1) is 18.7 Å². The molecular formula is C15H24N2O2S. The van der Waals surface area contributed by atoms with Gasteiger partial charge in [0.2, 0.25) is 5.91 Å². The van der Waals surface area contributed by atoms with E-state index in [1.54, 1.807) is 18.4 Å². The number of methoxy groups -OCH3 is 1. The van der Waals surface area contributed by atoms with Gasteiger partial charge in [-0.05, 0) is 35.7 Å². The summed E-state index contributed by atoms with van der Waals surface area (Å²) in [5.41, 5.74) is 1.17. The highest BCUT2D eigenvalue weighted by Crippen LogP contribution is 2.30. The molecule has 1 aliphatic heterocycles. The highest BCUT2D eigenvalue weighted by molar-refractivity contribution is 7.07. The fraction of sp³-hybridized carbons (Fsp3) is 0.667. The van der Waals surface area contributed by atoms with Gasteiger partial charge in [0.25, 0.3) is 0 Å². The molecule has 0 aromatic carbocycles. The summed E-state index contributed by atoms with van der Waals surface area (Å²) in [7, 11) is 1.68. The lowest BCUT2D eigenvalue weighted by Gasteiger charge is -2.29. The second-order valence-corrected chi connectivity index (χ2v) is 6.15. The normalized spacial score (nSPS) is 24.4. The number of carbonyl (C=O) groups is 1. The van der Waals surface area contributed by atoms with Gasteiger partial charge in [-0.25, -0.2) is 0 Å². The number of amides is 1. The lowest BCUT2D eigenvalue weighted by atomic mass is 10.1. The topological polar surface area (TPSA) is 41.6 Å². The number of nitrogens with zero attached hydrogens (tertiary/aromatic N) is 1. The van der Waals surface area contributed by atoms with Crippen molar-refractivity contribution in [2.45, 2.75) is 51.4 Å². The van der Waals surface area contributed by atoms with Crippen LogP contribution < -0.4 is 5.32 Å². The third-order valence-corrected chi connectivity index (χ3v) is 4.48. The molecule has 0 bridgehead atoms. The van der Waals surface area contributed by atoms with Gasteiger partial charge in [-0.1, -0.05) is 19.8 Å². The molecule has 1 fully saturated rings. The Balaban J connectivity index is 2.16. The molecule has 20 heavy (non-hydrogen) atoms. The third kappa shape index (κ3) is 3.22. The van der Waals surface area contributed by atoms with Crippen LogP contribution in [0.25, 0.3) is 0 Å². The van der Waals surface area contributed by atoms with Gasteiger partial charge in [-0.2, -0.15) is 11.3 Å². The van der Waals surface area contributed by atoms with Crippen molar-refractivity contribution in [3.8, 4) is 0 Å². The molecule has 2 heterocycles. The number of hydrogen-bond donors (Lipinski definition) is 1. The van der Waals surface area contributed by atoms with E-state index in [0.29, 0.717) is 6.61 Å². The largest absolute Gasteiger partial charge is 0.383 e. The van der Waals surface area contributed by atoms with Gasteiger partial charge >= 0.3 is 0 Å². The second-order valence-electron chi connectivity index (χ2n) is 5.37. The molecule has 4 nitrogen and oxygen atoms in total. The molecule has 0 saturated carbocycles. The first kappa shape index (κ1) is 15.5. The van der Waals surface area contributed by atoms with Crippen molar-refractivity contribution in [1.82, 2.24) is 10.2 Å². The summed E-state index contributed by atoms with van der Waals surface area (Å²) >= 11 is 1.66. The van der Waals surface area contributed by atoms with Crippen LogP contribution in [0.15, 0.2) is 16.8 Å². The van der Waals surface area contributed by atoms with Crippen LogP contribution in [0.3, 0.4) is 0 Å². The molecule has 1 N–H and O–H groups in total. The quantitative estimate of drug-likeness (QED) is 0.841. The molecule has 1 aromatic rings. The Bertz CT molecular complexity index is 422. The van der Waals surface area contributed by atoms with Crippen LogP contribution in [0.4, 0.5) is 0 Å². The van der Waals surface area contributed by atoms with E-state index < -0.39 is 0 Å². The molecule has 0 spiro atoms. The summed E-state index contributed by atoms with van der Waals surface area (Å²) in [6.07, 6.45) is 3.08. The van der Waals surface area contributed by atoms with Crippen LogP contribution in [0.5, 0.6) is 0 Å². The molecule has 5 heteroatoms. The molecule has 3 unspecified atom stereocenters. The first-order chi connectivity index (χ1) is 9.69. The average molecular weight is 296 g/mol. The Labute approximate surface area is 125 Å². The van der Waals surface area contributed by atoms with Crippen molar-refractivity contribution in [2.24, 2.45) is 0 Å². The molecule has 3 atom stereocenters. The SMILES string of the molecule is CCCCC1NC(c2ccsc2)N(C(C)COC)C1=O. The zero-order chi connectivity index (χ0) is 14.5. The number of hydrogen-bond acceptors (Lipinski definition) is 4. The van der Waals surface area contributed by atoms with Crippen molar-refractivity contribution < 1.29 is 9.53 Å². The van der Waals surface area contributed by atoms with Crippen LogP contribution >= 0.6 is 11.3 Å². The summed E-state index contributed by atoms with van der Waals surface area (Å²) in [4.78, 5) is 14.6. The lowest BCUT2D eigenvalue weighted by molar-refractivity contribution is -0.133. The van der Waals surface area contributed by atoms with Crippen molar-refractivity contribution >= 4 is 17.2 Å². The third-order valence-electron chi connectivity index (χ3n) is 3.78. The molecular weight excluding hydrogens is 272 g/mol. The Hall–Kier alpha value is -0.910. The number of carbonyl (C=O) groups excluding carboxylic acids is 1. The van der Waals surface area contributed by atoms with E-state index in [1.807, 2.05) is 11.8 Å². The Morgan fingerprint density at radius 3 is 2.95 bits per heavy atom. The van der Waals surface area contributed by atoms with E-state index >= 15 is 0 Å². The standard InChI is InChI=1S/C15H24N2O2S/c1-4-5-6-13-15(18)17(11(2)9-19-3)14(16-13)12-7-8-20-10-12/h7-8,10-11,13-14,16H,4-6,9H2,1-3H3. The van der Waals surface area contributed by atoms with Gasteiger partial charge in [-0.3, -0.25) is 10.1 Å². The monoisotopic (exact) mass is 296 g/mol.